The Morgan fingerprint density at radius 3 is 2.71 bits per heavy atom. The van der Waals surface area contributed by atoms with E-state index >= 15 is 0 Å². The average Bonchev–Trinajstić information content (AvgIpc) is 3.01. The SMILES string of the molecule is CN(Cc1ccccc1)c1cnnc(NC2CCCC2)n1. The first-order valence-corrected chi connectivity index (χ1v) is 7.52. The maximum atomic E-state index is 4.57. The molecule has 1 N–H and O–H groups in total. The van der Waals surface area contributed by atoms with E-state index in [1.807, 2.05) is 13.1 Å². The van der Waals surface area contributed by atoms with Gasteiger partial charge < -0.3 is 10.2 Å². The van der Waals surface area contributed by atoms with Crippen LogP contribution in [0.15, 0.2) is 36.5 Å². The van der Waals surface area contributed by atoms with E-state index in [2.05, 4.69) is 49.7 Å². The van der Waals surface area contributed by atoms with Crippen molar-refractivity contribution in [3.05, 3.63) is 42.1 Å². The Bertz CT molecular complexity index is 566. The molecule has 0 aliphatic heterocycles. The fourth-order valence-corrected chi connectivity index (χ4v) is 2.73. The number of anilines is 2. The van der Waals surface area contributed by atoms with E-state index in [-0.39, 0.29) is 0 Å². The summed E-state index contributed by atoms with van der Waals surface area (Å²) in [5.41, 5.74) is 1.25. The average molecular weight is 283 g/mol. The zero-order chi connectivity index (χ0) is 14.5. The molecule has 110 valence electrons. The molecule has 1 aliphatic rings. The van der Waals surface area contributed by atoms with E-state index in [4.69, 9.17) is 0 Å². The molecular weight excluding hydrogens is 262 g/mol. The summed E-state index contributed by atoms with van der Waals surface area (Å²) in [6.07, 6.45) is 6.70. The van der Waals surface area contributed by atoms with E-state index < -0.39 is 0 Å². The molecule has 3 rings (SSSR count). The third kappa shape index (κ3) is 3.68. The highest BCUT2D eigenvalue weighted by Gasteiger charge is 2.16. The fraction of sp³-hybridized carbons (Fsp3) is 0.438. The Morgan fingerprint density at radius 1 is 1.19 bits per heavy atom. The summed E-state index contributed by atoms with van der Waals surface area (Å²) in [6, 6.07) is 10.9. The molecule has 0 saturated heterocycles. The van der Waals surface area contributed by atoms with Crippen LogP contribution in [-0.4, -0.2) is 28.3 Å². The van der Waals surface area contributed by atoms with Gasteiger partial charge in [-0.2, -0.15) is 10.1 Å². The Labute approximate surface area is 125 Å². The highest BCUT2D eigenvalue weighted by atomic mass is 15.3. The van der Waals surface area contributed by atoms with Gasteiger partial charge in [-0.05, 0) is 18.4 Å². The Balaban J connectivity index is 1.66. The molecule has 0 bridgehead atoms. The molecule has 1 aromatic heterocycles. The van der Waals surface area contributed by atoms with Gasteiger partial charge in [0.05, 0.1) is 6.20 Å². The summed E-state index contributed by atoms with van der Waals surface area (Å²) in [6.45, 7) is 0.808. The molecule has 0 atom stereocenters. The number of hydrogen-bond donors (Lipinski definition) is 1. The number of nitrogens with zero attached hydrogens (tertiary/aromatic N) is 4. The summed E-state index contributed by atoms with van der Waals surface area (Å²) >= 11 is 0. The number of hydrogen-bond acceptors (Lipinski definition) is 5. The van der Waals surface area contributed by atoms with Crippen molar-refractivity contribution < 1.29 is 0 Å². The zero-order valence-electron chi connectivity index (χ0n) is 12.4. The van der Waals surface area contributed by atoms with Crippen molar-refractivity contribution in [1.82, 2.24) is 15.2 Å². The molecule has 0 spiro atoms. The third-order valence-corrected chi connectivity index (χ3v) is 3.89. The van der Waals surface area contributed by atoms with Crippen LogP contribution in [0, 0.1) is 0 Å². The normalized spacial score (nSPS) is 15.1. The number of rotatable bonds is 5. The summed E-state index contributed by atoms with van der Waals surface area (Å²) in [7, 11) is 2.02. The molecule has 1 fully saturated rings. The van der Waals surface area contributed by atoms with Gasteiger partial charge in [0.25, 0.3) is 0 Å². The van der Waals surface area contributed by atoms with Gasteiger partial charge in [-0.25, -0.2) is 0 Å². The molecule has 0 unspecified atom stereocenters. The van der Waals surface area contributed by atoms with E-state index in [0.717, 1.165) is 12.4 Å². The van der Waals surface area contributed by atoms with Gasteiger partial charge in [-0.15, -0.1) is 5.10 Å². The van der Waals surface area contributed by atoms with Crippen LogP contribution in [0.5, 0.6) is 0 Å². The van der Waals surface area contributed by atoms with Crippen molar-refractivity contribution in [3.63, 3.8) is 0 Å². The van der Waals surface area contributed by atoms with E-state index in [9.17, 15) is 0 Å². The quantitative estimate of drug-likeness (QED) is 0.914. The first kappa shape index (κ1) is 13.8. The minimum absolute atomic E-state index is 0.501. The predicted molar refractivity (Wildman–Crippen MR) is 84.3 cm³/mol. The van der Waals surface area contributed by atoms with Crippen molar-refractivity contribution in [2.24, 2.45) is 0 Å². The Hall–Kier alpha value is -2.17. The van der Waals surface area contributed by atoms with Crippen LogP contribution in [-0.2, 0) is 6.54 Å². The highest BCUT2D eigenvalue weighted by molar-refractivity contribution is 5.40. The Kier molecular flexibility index (Phi) is 4.28. The summed E-state index contributed by atoms with van der Waals surface area (Å²) < 4.78 is 0. The molecule has 0 radical (unpaired) electrons. The molecular formula is C16H21N5. The van der Waals surface area contributed by atoms with Crippen LogP contribution >= 0.6 is 0 Å². The summed E-state index contributed by atoms with van der Waals surface area (Å²) in [5.74, 6) is 1.48. The number of nitrogens with one attached hydrogen (secondary N) is 1. The topological polar surface area (TPSA) is 53.9 Å². The number of benzene rings is 1. The van der Waals surface area contributed by atoms with Crippen molar-refractivity contribution in [1.29, 1.82) is 0 Å². The lowest BCUT2D eigenvalue weighted by atomic mass is 10.2. The van der Waals surface area contributed by atoms with Crippen LogP contribution in [0.3, 0.4) is 0 Å². The third-order valence-electron chi connectivity index (χ3n) is 3.89. The largest absolute Gasteiger partial charge is 0.354 e. The second-order valence-corrected chi connectivity index (χ2v) is 5.61. The number of aromatic nitrogens is 3. The molecule has 2 aromatic rings. The summed E-state index contributed by atoms with van der Waals surface area (Å²) in [4.78, 5) is 6.66. The van der Waals surface area contributed by atoms with Crippen LogP contribution in [0.1, 0.15) is 31.2 Å². The van der Waals surface area contributed by atoms with Gasteiger partial charge in [0.1, 0.15) is 0 Å². The van der Waals surface area contributed by atoms with Gasteiger partial charge in [0, 0.05) is 19.6 Å². The van der Waals surface area contributed by atoms with E-state index in [0.29, 0.717) is 12.0 Å². The predicted octanol–water partition coefficient (Wildman–Crippen LogP) is 2.86. The van der Waals surface area contributed by atoms with Crippen LogP contribution in [0.4, 0.5) is 11.8 Å². The molecule has 21 heavy (non-hydrogen) atoms. The first-order valence-electron chi connectivity index (χ1n) is 7.52. The minimum Gasteiger partial charge on any atom is -0.354 e. The second kappa shape index (κ2) is 6.52. The van der Waals surface area contributed by atoms with Gasteiger partial charge in [-0.1, -0.05) is 43.2 Å². The van der Waals surface area contributed by atoms with Crippen molar-refractivity contribution >= 4 is 11.8 Å². The highest BCUT2D eigenvalue weighted by Crippen LogP contribution is 2.21. The van der Waals surface area contributed by atoms with Crippen LogP contribution in [0.2, 0.25) is 0 Å². The van der Waals surface area contributed by atoms with Crippen molar-refractivity contribution in [2.45, 2.75) is 38.3 Å². The Morgan fingerprint density at radius 2 is 1.95 bits per heavy atom. The fourth-order valence-electron chi connectivity index (χ4n) is 2.73. The van der Waals surface area contributed by atoms with E-state index in [1.54, 1.807) is 6.20 Å². The maximum Gasteiger partial charge on any atom is 0.244 e. The van der Waals surface area contributed by atoms with Crippen molar-refractivity contribution in [2.75, 3.05) is 17.3 Å². The minimum atomic E-state index is 0.501. The standard InChI is InChI=1S/C16H21N5/c1-21(12-13-7-3-2-4-8-13)15-11-17-20-16(19-15)18-14-9-5-6-10-14/h2-4,7-8,11,14H,5-6,9-10,12H2,1H3,(H,18,19,20). The van der Waals surface area contributed by atoms with Gasteiger partial charge in [0.2, 0.25) is 5.95 Å². The lowest BCUT2D eigenvalue weighted by Gasteiger charge is -2.19. The monoisotopic (exact) mass is 283 g/mol. The zero-order valence-corrected chi connectivity index (χ0v) is 12.4. The smallest absolute Gasteiger partial charge is 0.244 e. The molecule has 1 heterocycles. The van der Waals surface area contributed by atoms with Gasteiger partial charge in [-0.3, -0.25) is 0 Å². The second-order valence-electron chi connectivity index (χ2n) is 5.61. The lowest BCUT2D eigenvalue weighted by Crippen LogP contribution is -2.21. The summed E-state index contributed by atoms with van der Waals surface area (Å²) in [5, 5.41) is 11.6. The lowest BCUT2D eigenvalue weighted by molar-refractivity contribution is 0.735. The van der Waals surface area contributed by atoms with Crippen LogP contribution in [0.25, 0.3) is 0 Å². The van der Waals surface area contributed by atoms with Crippen LogP contribution < -0.4 is 10.2 Å². The molecule has 5 heteroatoms. The molecule has 5 nitrogen and oxygen atoms in total. The molecule has 1 aromatic carbocycles. The first-order chi connectivity index (χ1) is 10.3. The van der Waals surface area contributed by atoms with Gasteiger partial charge in [0.15, 0.2) is 5.82 Å². The molecule has 0 amide bonds. The van der Waals surface area contributed by atoms with Crippen molar-refractivity contribution in [3.8, 4) is 0 Å². The van der Waals surface area contributed by atoms with E-state index in [1.165, 1.54) is 31.2 Å². The maximum absolute atomic E-state index is 4.57. The van der Waals surface area contributed by atoms with Gasteiger partial charge >= 0.3 is 0 Å². The molecule has 1 aliphatic carbocycles. The molecule has 1 saturated carbocycles.